The fraction of sp³-hybridized carbons (Fsp3) is 0.722. The van der Waals surface area contributed by atoms with Gasteiger partial charge in [-0.05, 0) is 38.5 Å². The van der Waals surface area contributed by atoms with E-state index in [1.54, 1.807) is 6.92 Å². The Morgan fingerprint density at radius 3 is 1.86 bits per heavy atom. The van der Waals surface area contributed by atoms with Crippen molar-refractivity contribution in [3.8, 4) is 24.7 Å². The normalized spacial score (nSPS) is 21.0. The highest BCUT2D eigenvalue weighted by Gasteiger charge is 2.24. The summed E-state index contributed by atoms with van der Waals surface area (Å²) in [5.74, 6) is 5.47. The third-order valence-corrected chi connectivity index (χ3v) is 7.64. The smallest absolute Gasteiger partial charge is 0.344 e. The van der Waals surface area contributed by atoms with E-state index in [9.17, 15) is 14.7 Å². The van der Waals surface area contributed by atoms with Crippen molar-refractivity contribution in [2.45, 2.75) is 139 Å². The summed E-state index contributed by atoms with van der Waals surface area (Å²) in [6.45, 7) is 20.8. The van der Waals surface area contributed by atoms with Gasteiger partial charge in [0.05, 0.1) is 17.6 Å². The van der Waals surface area contributed by atoms with Crippen LogP contribution < -0.4 is 5.32 Å². The number of rotatable bonds is 5. The number of ether oxygens (including phenoxy) is 1. The molecule has 1 saturated heterocycles. The average Bonchev–Trinajstić information content (AvgIpc) is 3.40. The van der Waals surface area contributed by atoms with Crippen LogP contribution in [-0.4, -0.2) is 41.4 Å². The molecular weight excluding hydrogens is 558 g/mol. The van der Waals surface area contributed by atoms with Crippen molar-refractivity contribution in [2.75, 3.05) is 13.2 Å². The highest BCUT2D eigenvalue weighted by Crippen LogP contribution is 2.29. The number of allylic oxidation sites excluding steroid dienone is 2. The highest BCUT2D eigenvalue weighted by molar-refractivity contribution is 8.07. The average molecular weight is 622 g/mol. The minimum Gasteiger partial charge on any atom is -0.477 e. The summed E-state index contributed by atoms with van der Waals surface area (Å²) in [6.07, 6.45) is 22.6. The molecular formula is C36H63NO5S. The van der Waals surface area contributed by atoms with Crippen molar-refractivity contribution >= 4 is 23.6 Å². The first-order chi connectivity index (χ1) is 20.6. The van der Waals surface area contributed by atoms with E-state index in [4.69, 9.17) is 9.84 Å². The Bertz CT molecular complexity index is 831. The number of hydrogen-bond donors (Lipinski definition) is 3. The molecule has 0 radical (unpaired) electrons. The quantitative estimate of drug-likeness (QED) is 0.161. The number of carbonyl (C=O) groups excluding carboxylic acids is 1. The molecule has 3 N–H and O–H groups in total. The number of amides is 1. The molecule has 3 fully saturated rings. The summed E-state index contributed by atoms with van der Waals surface area (Å²) in [7, 11) is 0. The molecule has 3 rings (SSSR count). The Hall–Kier alpha value is -2.19. The molecule has 0 aromatic carbocycles. The van der Waals surface area contributed by atoms with Crippen molar-refractivity contribution in [1.82, 2.24) is 5.32 Å². The Balaban J connectivity index is -0.000000715. The van der Waals surface area contributed by atoms with Gasteiger partial charge in [-0.2, -0.15) is 0 Å². The van der Waals surface area contributed by atoms with Crippen molar-refractivity contribution in [1.29, 1.82) is 0 Å². The third-order valence-electron chi connectivity index (χ3n) is 6.60. The zero-order valence-electron chi connectivity index (χ0n) is 28.6. The maximum Gasteiger partial charge on any atom is 0.344 e. The zero-order valence-corrected chi connectivity index (χ0v) is 29.4. The Labute approximate surface area is 269 Å². The lowest BCUT2D eigenvalue weighted by atomic mass is 9.98. The zero-order chi connectivity index (χ0) is 33.6. The van der Waals surface area contributed by atoms with Crippen LogP contribution in [0.2, 0.25) is 0 Å². The molecule has 3 atom stereocenters. The summed E-state index contributed by atoms with van der Waals surface area (Å²) in [5, 5.41) is 20.9. The third kappa shape index (κ3) is 26.0. The maximum absolute atomic E-state index is 12.5. The van der Waals surface area contributed by atoms with E-state index >= 15 is 0 Å². The number of aliphatic hydroxyl groups excluding tert-OH is 1. The Morgan fingerprint density at radius 1 is 0.930 bits per heavy atom. The van der Waals surface area contributed by atoms with Crippen molar-refractivity contribution in [2.24, 2.45) is 17.8 Å². The molecule has 0 aromatic heterocycles. The number of nitrogens with one attached hydrogen (secondary N) is 1. The molecule has 0 spiro atoms. The largest absolute Gasteiger partial charge is 0.477 e. The van der Waals surface area contributed by atoms with Gasteiger partial charge >= 0.3 is 5.97 Å². The number of aliphatic carboxylic acids is 1. The van der Waals surface area contributed by atoms with Crippen LogP contribution in [0.5, 0.6) is 0 Å². The van der Waals surface area contributed by atoms with Gasteiger partial charge < -0.3 is 20.3 Å². The predicted molar refractivity (Wildman–Crippen MR) is 185 cm³/mol. The van der Waals surface area contributed by atoms with Crippen LogP contribution in [0.3, 0.4) is 0 Å². The molecule has 1 aliphatic heterocycles. The standard InChI is InChI=1S/C20H29NO3S.C6H12.C4H8O2.2C2H6.C2H2/c1-13(2)9-11-15(4)25-18(20(23)24)16(5)21-19(22)17-8-6-7-14(3)10-12-17;1-2-4-6-5-3-1;5-4-1-2-6-3-4;3*1-2/h13-14,17H,4,6-8,10,12H2,1-3,5H3,(H,21,22)(H,23,24);1-6H2;4-5H,1-3H2;2*1-2H3;1-2H/b18-16+;;;;;/t14-,17-;;;;;/m1...../s1. The number of terminal acetylenes is 1. The number of thioether (sulfide) groups is 1. The van der Waals surface area contributed by atoms with Crippen LogP contribution in [0.4, 0.5) is 0 Å². The number of hydrogen-bond acceptors (Lipinski definition) is 5. The second kappa shape index (κ2) is 31.2. The number of carbonyl (C=O) groups is 2. The molecule has 2 aliphatic carbocycles. The number of aliphatic hydroxyl groups is 1. The fourth-order valence-corrected chi connectivity index (χ4v) is 4.98. The monoisotopic (exact) mass is 621 g/mol. The highest BCUT2D eigenvalue weighted by atomic mass is 32.2. The molecule has 43 heavy (non-hydrogen) atoms. The molecule has 7 heteroatoms. The predicted octanol–water partition coefficient (Wildman–Crippen LogP) is 8.95. The first kappa shape index (κ1) is 45.2. The summed E-state index contributed by atoms with van der Waals surface area (Å²) < 4.78 is 4.81. The molecule has 0 bridgehead atoms. The second-order valence-electron chi connectivity index (χ2n) is 10.6. The van der Waals surface area contributed by atoms with Gasteiger partial charge in [-0.3, -0.25) is 4.79 Å². The van der Waals surface area contributed by atoms with Crippen LogP contribution in [0.25, 0.3) is 0 Å². The van der Waals surface area contributed by atoms with Gasteiger partial charge in [0.15, 0.2) is 0 Å². The Morgan fingerprint density at radius 2 is 1.47 bits per heavy atom. The van der Waals surface area contributed by atoms with E-state index in [2.05, 4.69) is 43.5 Å². The molecule has 3 aliphatic rings. The molecule has 1 amide bonds. The lowest BCUT2D eigenvalue weighted by Crippen LogP contribution is -2.30. The summed E-state index contributed by atoms with van der Waals surface area (Å²) >= 11 is 0.993. The van der Waals surface area contributed by atoms with Crippen LogP contribution >= 0.6 is 11.8 Å². The van der Waals surface area contributed by atoms with Gasteiger partial charge in [0.25, 0.3) is 0 Å². The number of carboxylic acids is 1. The van der Waals surface area contributed by atoms with Crippen LogP contribution in [0, 0.1) is 42.4 Å². The molecule has 2 saturated carbocycles. The summed E-state index contributed by atoms with van der Waals surface area (Å²) in [5.41, 5.74) is 0.354. The van der Waals surface area contributed by atoms with E-state index in [1.807, 2.05) is 41.5 Å². The molecule has 248 valence electrons. The van der Waals surface area contributed by atoms with Crippen LogP contribution in [0.1, 0.15) is 132 Å². The van der Waals surface area contributed by atoms with Crippen molar-refractivity contribution in [3.63, 3.8) is 0 Å². The first-order valence-corrected chi connectivity index (χ1v) is 17.1. The lowest BCUT2D eigenvalue weighted by molar-refractivity contribution is -0.131. The fourth-order valence-electron chi connectivity index (χ4n) is 4.33. The van der Waals surface area contributed by atoms with E-state index in [-0.39, 0.29) is 28.8 Å². The summed E-state index contributed by atoms with van der Waals surface area (Å²) in [6, 6.07) is 0. The van der Waals surface area contributed by atoms with Gasteiger partial charge in [0, 0.05) is 24.1 Å². The molecule has 0 aromatic rings. The van der Waals surface area contributed by atoms with E-state index in [0.29, 0.717) is 23.1 Å². The van der Waals surface area contributed by atoms with Crippen LogP contribution in [0.15, 0.2) is 22.1 Å². The van der Waals surface area contributed by atoms with Gasteiger partial charge in [-0.15, -0.1) is 12.8 Å². The minimum absolute atomic E-state index is 0.0381. The molecule has 1 unspecified atom stereocenters. The van der Waals surface area contributed by atoms with Gasteiger partial charge in [-0.1, -0.05) is 130 Å². The SMILES string of the molecule is C#C.C1CCCCC1.C=C(C#CC(C)C)S/C(C(=O)O)=C(\C)NC(=O)[C@@H]1CCC[C@@H](C)CC1.CC.CC.OC1CCOC1. The maximum atomic E-state index is 12.5. The van der Waals surface area contributed by atoms with Crippen molar-refractivity contribution < 1.29 is 24.5 Å². The number of carboxylic acid groups (broad SMARTS) is 1. The van der Waals surface area contributed by atoms with Gasteiger partial charge in [-0.25, -0.2) is 4.79 Å². The summed E-state index contributed by atoms with van der Waals surface area (Å²) in [4.78, 5) is 24.6. The molecule has 6 nitrogen and oxygen atoms in total. The van der Waals surface area contributed by atoms with E-state index in [1.165, 1.54) is 38.5 Å². The lowest BCUT2D eigenvalue weighted by Gasteiger charge is -2.16. The van der Waals surface area contributed by atoms with Gasteiger partial charge in [0.2, 0.25) is 5.91 Å². The van der Waals surface area contributed by atoms with Crippen LogP contribution in [-0.2, 0) is 14.3 Å². The topological polar surface area (TPSA) is 95.9 Å². The second-order valence-corrected chi connectivity index (χ2v) is 11.8. The first-order valence-electron chi connectivity index (χ1n) is 16.3. The van der Waals surface area contributed by atoms with E-state index in [0.717, 1.165) is 56.9 Å². The van der Waals surface area contributed by atoms with Crippen molar-refractivity contribution in [3.05, 3.63) is 22.1 Å². The Kier molecular flexibility index (Phi) is 32.9. The minimum atomic E-state index is -1.08. The molecule has 1 heterocycles. The van der Waals surface area contributed by atoms with E-state index < -0.39 is 5.97 Å². The van der Waals surface area contributed by atoms with Gasteiger partial charge in [0.1, 0.15) is 4.91 Å².